The van der Waals surface area contributed by atoms with Crippen LogP contribution in [0.2, 0.25) is 0 Å². The van der Waals surface area contributed by atoms with Crippen LogP contribution in [0.4, 0.5) is 0 Å². The number of ketones is 2. The number of aromatic nitrogens is 1. The number of hydrogen-bond donors (Lipinski definition) is 3. The van der Waals surface area contributed by atoms with Crippen molar-refractivity contribution in [2.24, 2.45) is 0 Å². The van der Waals surface area contributed by atoms with E-state index in [-0.39, 0.29) is 34.4 Å². The standard InChI is InChI=1S/C16H12O6.C14H9NO2/c1-21-12-5-2-8(6-11(12)18)7-13-14(19)9-3-4-10(17)15(20)16(9)22-13;16-14-11-6-1-2-7-12(11)17-13(14)9-10-5-3-4-8-15-10/h2-7,17-18,20H,1H3;1-9H/b13-7-;13-9-. The molecule has 1 aromatic heterocycles. The van der Waals surface area contributed by atoms with Crippen LogP contribution >= 0.6 is 0 Å². The maximum atomic E-state index is 12.2. The summed E-state index contributed by atoms with van der Waals surface area (Å²) in [6.07, 6.45) is 4.76. The number of phenolic OH excluding ortho intramolecular Hbond substituents is 3. The Morgan fingerprint density at radius 3 is 2.23 bits per heavy atom. The number of ether oxygens (including phenoxy) is 3. The van der Waals surface area contributed by atoms with E-state index < -0.39 is 11.5 Å². The number of benzene rings is 3. The number of fused-ring (bicyclic) bond motifs is 2. The first-order valence-electron chi connectivity index (χ1n) is 11.7. The monoisotopic (exact) mass is 523 g/mol. The average Bonchev–Trinajstić information content (AvgIpc) is 3.43. The number of aromatic hydroxyl groups is 3. The lowest BCUT2D eigenvalue weighted by Crippen LogP contribution is -1.98. The third kappa shape index (κ3) is 5.01. The molecule has 4 aromatic rings. The summed E-state index contributed by atoms with van der Waals surface area (Å²) < 4.78 is 15.8. The smallest absolute Gasteiger partial charge is 0.232 e. The number of rotatable bonds is 3. The average molecular weight is 523 g/mol. The van der Waals surface area contributed by atoms with Crippen LogP contribution in [0.5, 0.6) is 34.5 Å². The van der Waals surface area contributed by atoms with Crippen molar-refractivity contribution in [1.29, 1.82) is 0 Å². The first-order valence-corrected chi connectivity index (χ1v) is 11.7. The molecule has 6 rings (SSSR count). The zero-order valence-corrected chi connectivity index (χ0v) is 20.5. The molecule has 9 nitrogen and oxygen atoms in total. The molecule has 39 heavy (non-hydrogen) atoms. The van der Waals surface area contributed by atoms with Crippen molar-refractivity contribution in [3.05, 3.63) is 113 Å². The predicted octanol–water partition coefficient (Wildman–Crippen LogP) is 5.13. The lowest BCUT2D eigenvalue weighted by molar-refractivity contribution is 0.101. The molecular formula is C30H21NO8. The SMILES string of the molecule is COc1ccc(/C=C2\Oc3c(ccc(O)c3O)C2=O)cc1O.O=C1/C(=C/c2ccccn2)Oc2ccccc21. The van der Waals surface area contributed by atoms with Gasteiger partial charge in [0.25, 0.3) is 0 Å². The summed E-state index contributed by atoms with van der Waals surface area (Å²) in [6, 6.07) is 19.9. The fraction of sp³-hybridized carbons (Fsp3) is 0.0333. The second-order valence-electron chi connectivity index (χ2n) is 8.37. The molecule has 0 saturated heterocycles. The number of para-hydroxylation sites is 1. The Labute approximate surface area is 222 Å². The predicted molar refractivity (Wildman–Crippen MR) is 141 cm³/mol. The Bertz CT molecular complexity index is 1660. The third-order valence-corrected chi connectivity index (χ3v) is 5.83. The van der Waals surface area contributed by atoms with Crippen LogP contribution in [0.1, 0.15) is 32.0 Å². The molecule has 194 valence electrons. The molecule has 2 aliphatic rings. The van der Waals surface area contributed by atoms with Crippen molar-refractivity contribution in [1.82, 2.24) is 4.98 Å². The van der Waals surface area contributed by atoms with Crippen molar-refractivity contribution in [3.8, 4) is 34.5 Å². The van der Waals surface area contributed by atoms with Gasteiger partial charge in [0.15, 0.2) is 34.5 Å². The van der Waals surface area contributed by atoms with Gasteiger partial charge in [-0.25, -0.2) is 0 Å². The largest absolute Gasteiger partial charge is 0.504 e. The van der Waals surface area contributed by atoms with Crippen LogP contribution in [-0.2, 0) is 0 Å². The van der Waals surface area contributed by atoms with Gasteiger partial charge in [0, 0.05) is 12.3 Å². The minimum atomic E-state index is -0.480. The van der Waals surface area contributed by atoms with Crippen molar-refractivity contribution in [2.75, 3.05) is 7.11 Å². The van der Waals surface area contributed by atoms with E-state index in [1.165, 1.54) is 31.4 Å². The zero-order chi connectivity index (χ0) is 27.5. The molecule has 3 heterocycles. The molecule has 0 aliphatic carbocycles. The number of nitrogens with zero attached hydrogens (tertiary/aromatic N) is 1. The highest BCUT2D eigenvalue weighted by Crippen LogP contribution is 2.44. The Kier molecular flexibility index (Phi) is 6.71. The topological polar surface area (TPSA) is 135 Å². The Morgan fingerprint density at radius 1 is 0.769 bits per heavy atom. The van der Waals surface area contributed by atoms with E-state index in [0.717, 1.165) is 0 Å². The second kappa shape index (κ2) is 10.4. The van der Waals surface area contributed by atoms with Gasteiger partial charge in [0.2, 0.25) is 17.3 Å². The van der Waals surface area contributed by atoms with E-state index in [4.69, 9.17) is 14.2 Å². The first kappa shape index (κ1) is 25.1. The van der Waals surface area contributed by atoms with E-state index in [2.05, 4.69) is 4.98 Å². The second-order valence-corrected chi connectivity index (χ2v) is 8.37. The number of carbonyl (C=O) groups is 2. The molecule has 0 radical (unpaired) electrons. The summed E-state index contributed by atoms with van der Waals surface area (Å²) in [5, 5.41) is 28.9. The van der Waals surface area contributed by atoms with Gasteiger partial charge >= 0.3 is 0 Å². The molecule has 0 amide bonds. The highest BCUT2D eigenvalue weighted by Gasteiger charge is 2.31. The van der Waals surface area contributed by atoms with Crippen molar-refractivity contribution >= 4 is 23.7 Å². The normalized spacial score (nSPS) is 15.2. The zero-order valence-electron chi connectivity index (χ0n) is 20.5. The van der Waals surface area contributed by atoms with Crippen molar-refractivity contribution < 1.29 is 39.1 Å². The van der Waals surface area contributed by atoms with Gasteiger partial charge in [0.1, 0.15) is 5.75 Å². The number of phenols is 3. The molecule has 0 fully saturated rings. The van der Waals surface area contributed by atoms with Gasteiger partial charge in [-0.1, -0.05) is 24.3 Å². The molecule has 3 aromatic carbocycles. The summed E-state index contributed by atoms with van der Waals surface area (Å²) in [7, 11) is 1.43. The minimum Gasteiger partial charge on any atom is -0.504 e. The van der Waals surface area contributed by atoms with Gasteiger partial charge in [0.05, 0.1) is 23.9 Å². The van der Waals surface area contributed by atoms with Crippen molar-refractivity contribution in [3.63, 3.8) is 0 Å². The molecular weight excluding hydrogens is 502 g/mol. The molecule has 9 heteroatoms. The third-order valence-electron chi connectivity index (χ3n) is 5.83. The Balaban J connectivity index is 0.000000163. The van der Waals surface area contributed by atoms with Gasteiger partial charge < -0.3 is 29.5 Å². The number of allylic oxidation sites excluding steroid dienone is 2. The molecule has 0 saturated carbocycles. The van der Waals surface area contributed by atoms with E-state index >= 15 is 0 Å². The molecule has 2 aliphatic heterocycles. The summed E-state index contributed by atoms with van der Waals surface area (Å²) in [5.41, 5.74) is 2.01. The van der Waals surface area contributed by atoms with E-state index in [1.54, 1.807) is 36.5 Å². The molecule has 0 bridgehead atoms. The minimum absolute atomic E-state index is 0.0135. The maximum absolute atomic E-state index is 12.2. The van der Waals surface area contributed by atoms with E-state index in [9.17, 15) is 24.9 Å². The number of Topliss-reactive ketones (excluding diaryl/α,β-unsaturated/α-hetero) is 2. The van der Waals surface area contributed by atoms with Crippen LogP contribution in [0.25, 0.3) is 12.2 Å². The number of methoxy groups -OCH3 is 1. The van der Waals surface area contributed by atoms with Crippen LogP contribution < -0.4 is 14.2 Å². The van der Waals surface area contributed by atoms with Crippen LogP contribution in [0.15, 0.2) is 90.5 Å². The van der Waals surface area contributed by atoms with Crippen LogP contribution in [-0.4, -0.2) is 39.0 Å². The Morgan fingerprint density at radius 2 is 1.51 bits per heavy atom. The van der Waals surface area contributed by atoms with E-state index in [1.807, 2.05) is 30.3 Å². The lowest BCUT2D eigenvalue weighted by Gasteiger charge is -2.04. The lowest BCUT2D eigenvalue weighted by atomic mass is 10.1. The van der Waals surface area contributed by atoms with Gasteiger partial charge in [-0.3, -0.25) is 14.6 Å². The van der Waals surface area contributed by atoms with E-state index in [0.29, 0.717) is 34.1 Å². The first-order chi connectivity index (χ1) is 18.9. The molecule has 0 atom stereocenters. The van der Waals surface area contributed by atoms with Crippen LogP contribution in [0, 0.1) is 0 Å². The highest BCUT2D eigenvalue weighted by molar-refractivity contribution is 6.15. The van der Waals surface area contributed by atoms with Gasteiger partial charge in [-0.2, -0.15) is 0 Å². The summed E-state index contributed by atoms with van der Waals surface area (Å²) >= 11 is 0. The molecule has 3 N–H and O–H groups in total. The quantitative estimate of drug-likeness (QED) is 0.247. The number of pyridine rings is 1. The number of carbonyl (C=O) groups excluding carboxylic acids is 2. The maximum Gasteiger partial charge on any atom is 0.232 e. The van der Waals surface area contributed by atoms with Crippen molar-refractivity contribution in [2.45, 2.75) is 0 Å². The fourth-order valence-corrected chi connectivity index (χ4v) is 3.91. The van der Waals surface area contributed by atoms with Crippen LogP contribution in [0.3, 0.4) is 0 Å². The Hall–Kier alpha value is -5.57. The highest BCUT2D eigenvalue weighted by atomic mass is 16.5. The summed E-state index contributed by atoms with van der Waals surface area (Å²) in [4.78, 5) is 28.3. The molecule has 0 unspecified atom stereocenters. The van der Waals surface area contributed by atoms with Gasteiger partial charge in [-0.05, 0) is 60.2 Å². The molecule has 0 spiro atoms. The fourth-order valence-electron chi connectivity index (χ4n) is 3.91. The summed E-state index contributed by atoms with van der Waals surface area (Å²) in [6.45, 7) is 0. The number of hydrogen-bond acceptors (Lipinski definition) is 9. The van der Waals surface area contributed by atoms with Gasteiger partial charge in [-0.15, -0.1) is 0 Å². The summed E-state index contributed by atoms with van der Waals surface area (Å²) in [5.74, 6) is -0.264.